The van der Waals surface area contributed by atoms with Crippen molar-refractivity contribution in [2.24, 2.45) is 0 Å². The van der Waals surface area contributed by atoms with E-state index in [1.54, 1.807) is 50.4 Å². The van der Waals surface area contributed by atoms with Gasteiger partial charge >= 0.3 is 0 Å². The maximum absolute atomic E-state index is 13.3. The molecule has 4 N–H and O–H groups in total. The number of nitrogens with zero attached hydrogens (tertiary/aromatic N) is 3. The van der Waals surface area contributed by atoms with Gasteiger partial charge in [-0.3, -0.25) is 19.7 Å². The molecule has 11 nitrogen and oxygen atoms in total. The fraction of sp³-hybridized carbons (Fsp3) is 0.0909. The molecule has 0 atom stereocenters. The van der Waals surface area contributed by atoms with Gasteiger partial charge in [0.2, 0.25) is 5.95 Å². The predicted molar refractivity (Wildman–Crippen MR) is 172 cm³/mol. The zero-order valence-corrected chi connectivity index (χ0v) is 24.2. The van der Waals surface area contributed by atoms with Gasteiger partial charge in [0.25, 0.3) is 17.5 Å². The van der Waals surface area contributed by atoms with Crippen molar-refractivity contribution >= 4 is 46.3 Å². The number of benzene rings is 4. The molecule has 0 aliphatic rings. The van der Waals surface area contributed by atoms with Crippen molar-refractivity contribution in [3.63, 3.8) is 0 Å². The molecule has 0 aliphatic carbocycles. The van der Waals surface area contributed by atoms with Gasteiger partial charge in [0, 0.05) is 47.5 Å². The Hall–Kier alpha value is -6.10. The number of hydrogen-bond donors (Lipinski definition) is 4. The SMILES string of the molecule is CNc1nc(Nc2ccc(C)c([N+](=O)[O-])c2)ncc1C(=O)Nc1cc(NC(=O)c2cccc(-c3ccccc3)c2)ccc1C. The molecule has 5 rings (SSSR count). The molecule has 0 unspecified atom stereocenters. The number of nitro benzene ring substituents is 1. The second-order valence-corrected chi connectivity index (χ2v) is 9.97. The minimum Gasteiger partial charge on any atom is -0.372 e. The Bertz CT molecular complexity index is 1880. The summed E-state index contributed by atoms with van der Waals surface area (Å²) in [7, 11) is 1.62. The van der Waals surface area contributed by atoms with Crippen LogP contribution in [0, 0.1) is 24.0 Å². The molecule has 11 heteroatoms. The van der Waals surface area contributed by atoms with Gasteiger partial charge in [-0.05, 0) is 60.9 Å². The summed E-state index contributed by atoms with van der Waals surface area (Å²) in [5, 5.41) is 22.9. The van der Waals surface area contributed by atoms with Crippen LogP contribution in [0.1, 0.15) is 31.8 Å². The van der Waals surface area contributed by atoms with Crippen LogP contribution in [0.2, 0.25) is 0 Å². The molecule has 4 aromatic carbocycles. The lowest BCUT2D eigenvalue weighted by atomic mass is 10.0. The first-order chi connectivity index (χ1) is 21.2. The molecule has 44 heavy (non-hydrogen) atoms. The maximum atomic E-state index is 13.3. The van der Waals surface area contributed by atoms with E-state index in [4.69, 9.17) is 0 Å². The van der Waals surface area contributed by atoms with Crippen LogP contribution in [0.15, 0.2) is 97.2 Å². The van der Waals surface area contributed by atoms with Crippen molar-refractivity contribution in [3.05, 3.63) is 130 Å². The summed E-state index contributed by atoms with van der Waals surface area (Å²) in [6.07, 6.45) is 1.36. The number of anilines is 5. The quantitative estimate of drug-likeness (QED) is 0.107. The van der Waals surface area contributed by atoms with Crippen LogP contribution < -0.4 is 21.3 Å². The van der Waals surface area contributed by atoms with E-state index in [0.717, 1.165) is 16.7 Å². The van der Waals surface area contributed by atoms with E-state index >= 15 is 0 Å². The van der Waals surface area contributed by atoms with Gasteiger partial charge in [0.1, 0.15) is 11.4 Å². The molecule has 0 radical (unpaired) electrons. The van der Waals surface area contributed by atoms with Gasteiger partial charge in [-0.2, -0.15) is 4.98 Å². The first-order valence-electron chi connectivity index (χ1n) is 13.7. The Morgan fingerprint density at radius 2 is 1.50 bits per heavy atom. The van der Waals surface area contributed by atoms with Crippen LogP contribution in [0.5, 0.6) is 0 Å². The number of nitro groups is 1. The van der Waals surface area contributed by atoms with E-state index in [0.29, 0.717) is 28.2 Å². The summed E-state index contributed by atoms with van der Waals surface area (Å²) in [5.74, 6) is -0.339. The third kappa shape index (κ3) is 6.68. The number of carbonyl (C=O) groups is 2. The van der Waals surface area contributed by atoms with Crippen LogP contribution >= 0.6 is 0 Å². The number of rotatable bonds is 9. The average Bonchev–Trinajstić information content (AvgIpc) is 3.03. The molecule has 0 fully saturated rings. The monoisotopic (exact) mass is 587 g/mol. The zero-order chi connectivity index (χ0) is 31.2. The lowest BCUT2D eigenvalue weighted by molar-refractivity contribution is -0.385. The topological polar surface area (TPSA) is 151 Å². The molecule has 0 saturated carbocycles. The minimum absolute atomic E-state index is 0.0330. The van der Waals surface area contributed by atoms with Gasteiger partial charge in [0.05, 0.1) is 4.92 Å². The largest absolute Gasteiger partial charge is 0.372 e. The van der Waals surface area contributed by atoms with Crippen LogP contribution in [-0.4, -0.2) is 33.8 Å². The fourth-order valence-corrected chi connectivity index (χ4v) is 4.51. The number of amides is 2. The standard InChI is InChI=1S/C33H29N7O4/c1-20-12-14-25(36-31(41)24-11-7-10-23(16-24)22-8-5-4-6-9-22)17-28(20)38-32(42)27-19-35-33(39-30(27)34-3)37-26-15-13-21(2)29(18-26)40(43)44/h4-19H,1-3H3,(H,36,41)(H,38,42)(H2,34,35,37,39). The van der Waals surface area contributed by atoms with Crippen molar-refractivity contribution in [1.82, 2.24) is 9.97 Å². The van der Waals surface area contributed by atoms with E-state index in [9.17, 15) is 19.7 Å². The Morgan fingerprint density at radius 1 is 0.773 bits per heavy atom. The van der Waals surface area contributed by atoms with E-state index < -0.39 is 10.8 Å². The molecule has 0 aliphatic heterocycles. The molecule has 220 valence electrons. The first-order valence-corrected chi connectivity index (χ1v) is 13.7. The molecule has 2 amide bonds. The summed E-state index contributed by atoms with van der Waals surface area (Å²) < 4.78 is 0. The lowest BCUT2D eigenvalue weighted by Gasteiger charge is -2.14. The molecule has 1 heterocycles. The minimum atomic E-state index is -0.464. The molecule has 0 bridgehead atoms. The van der Waals surface area contributed by atoms with Crippen LogP contribution in [0.3, 0.4) is 0 Å². The van der Waals surface area contributed by atoms with Crippen molar-refractivity contribution < 1.29 is 14.5 Å². The van der Waals surface area contributed by atoms with Crippen molar-refractivity contribution in [2.75, 3.05) is 28.3 Å². The highest BCUT2D eigenvalue weighted by Crippen LogP contribution is 2.27. The summed E-state index contributed by atoms with van der Waals surface area (Å²) in [6.45, 7) is 3.49. The number of nitrogens with one attached hydrogen (secondary N) is 4. The van der Waals surface area contributed by atoms with Crippen LogP contribution in [-0.2, 0) is 0 Å². The highest BCUT2D eigenvalue weighted by molar-refractivity contribution is 6.09. The molecule has 0 spiro atoms. The lowest BCUT2D eigenvalue weighted by Crippen LogP contribution is -2.17. The summed E-state index contributed by atoms with van der Waals surface area (Å²) >= 11 is 0. The smallest absolute Gasteiger partial charge is 0.274 e. The van der Waals surface area contributed by atoms with E-state index in [1.165, 1.54) is 12.3 Å². The van der Waals surface area contributed by atoms with Gasteiger partial charge in [-0.15, -0.1) is 0 Å². The van der Waals surface area contributed by atoms with E-state index in [1.807, 2.05) is 55.5 Å². The molecule has 5 aromatic rings. The van der Waals surface area contributed by atoms with Crippen molar-refractivity contribution in [1.29, 1.82) is 0 Å². The number of aryl methyl sites for hydroxylation is 2. The average molecular weight is 588 g/mol. The highest BCUT2D eigenvalue weighted by atomic mass is 16.6. The molecular weight excluding hydrogens is 558 g/mol. The molecule has 0 saturated heterocycles. The molecular formula is C33H29N7O4. The van der Waals surface area contributed by atoms with Gasteiger partial charge in [-0.1, -0.05) is 54.6 Å². The Balaban J connectivity index is 1.30. The van der Waals surface area contributed by atoms with Crippen LogP contribution in [0.25, 0.3) is 11.1 Å². The summed E-state index contributed by atoms with van der Waals surface area (Å²) in [4.78, 5) is 45.8. The van der Waals surface area contributed by atoms with Gasteiger partial charge in [-0.25, -0.2) is 4.98 Å². The third-order valence-corrected chi connectivity index (χ3v) is 6.91. The molecule has 1 aromatic heterocycles. The number of aromatic nitrogens is 2. The maximum Gasteiger partial charge on any atom is 0.274 e. The van der Waals surface area contributed by atoms with E-state index in [-0.39, 0.29) is 28.9 Å². The van der Waals surface area contributed by atoms with Crippen molar-refractivity contribution in [3.8, 4) is 11.1 Å². The third-order valence-electron chi connectivity index (χ3n) is 6.91. The predicted octanol–water partition coefficient (Wildman–Crippen LogP) is 6.96. The fourth-order valence-electron chi connectivity index (χ4n) is 4.51. The highest BCUT2D eigenvalue weighted by Gasteiger charge is 2.17. The van der Waals surface area contributed by atoms with Gasteiger partial charge < -0.3 is 21.3 Å². The zero-order valence-electron chi connectivity index (χ0n) is 24.2. The summed E-state index contributed by atoms with van der Waals surface area (Å²) in [6, 6.07) is 27.1. The van der Waals surface area contributed by atoms with Crippen molar-refractivity contribution in [2.45, 2.75) is 13.8 Å². The summed E-state index contributed by atoms with van der Waals surface area (Å²) in [5.41, 5.74) is 5.35. The number of hydrogen-bond acceptors (Lipinski definition) is 8. The van der Waals surface area contributed by atoms with Crippen LogP contribution in [0.4, 0.5) is 34.5 Å². The van der Waals surface area contributed by atoms with Gasteiger partial charge in [0.15, 0.2) is 0 Å². The second kappa shape index (κ2) is 12.8. The Kier molecular flexibility index (Phi) is 8.57. The first kappa shape index (κ1) is 29.4. The van der Waals surface area contributed by atoms with E-state index in [2.05, 4.69) is 31.2 Å². The second-order valence-electron chi connectivity index (χ2n) is 9.97. The normalized spacial score (nSPS) is 10.5. The Morgan fingerprint density at radius 3 is 2.25 bits per heavy atom. The number of carbonyl (C=O) groups excluding carboxylic acids is 2. The Labute approximate surface area is 253 Å².